The maximum Gasteiger partial charge on any atom is 0.259 e. The number of hydrogen-bond donors (Lipinski definition) is 0. The highest BCUT2D eigenvalue weighted by Gasteiger charge is 2.30. The molecule has 4 aromatic carbocycles. The number of halogens is 1. The number of carbonyl (C=O) groups excluding carboxylic acids is 1. The monoisotopic (exact) mass is 441 g/mol. The molecule has 0 aliphatic carbocycles. The van der Waals surface area contributed by atoms with Gasteiger partial charge in [0.2, 0.25) is 0 Å². The van der Waals surface area contributed by atoms with Gasteiger partial charge in [-0.25, -0.2) is 4.39 Å². The Morgan fingerprint density at radius 1 is 0.909 bits per heavy atom. The van der Waals surface area contributed by atoms with Crippen LogP contribution < -0.4 is 14.4 Å². The quantitative estimate of drug-likeness (QED) is 0.346. The van der Waals surface area contributed by atoms with E-state index in [9.17, 15) is 9.18 Å². The van der Waals surface area contributed by atoms with Gasteiger partial charge in [0.1, 0.15) is 17.3 Å². The Hall–Kier alpha value is -3.86. The van der Waals surface area contributed by atoms with Crippen LogP contribution in [0, 0.1) is 5.82 Å². The van der Waals surface area contributed by atoms with Crippen molar-refractivity contribution in [2.75, 3.05) is 18.6 Å². The van der Waals surface area contributed by atoms with Crippen LogP contribution in [0.2, 0.25) is 0 Å². The Labute approximate surface area is 192 Å². The minimum atomic E-state index is -0.290. The van der Waals surface area contributed by atoms with Crippen LogP contribution in [0.3, 0.4) is 0 Å². The maximum atomic E-state index is 14.7. The molecule has 0 N–H and O–H groups in total. The van der Waals surface area contributed by atoms with Crippen molar-refractivity contribution in [1.29, 1.82) is 0 Å². The van der Waals surface area contributed by atoms with Crippen LogP contribution in [-0.4, -0.2) is 19.6 Å². The summed E-state index contributed by atoms with van der Waals surface area (Å²) in [5.74, 6) is 0.999. The number of rotatable bonds is 7. The number of benzene rings is 4. The van der Waals surface area contributed by atoms with Gasteiger partial charge in [-0.15, -0.1) is 0 Å². The zero-order chi connectivity index (χ0) is 22.9. The van der Waals surface area contributed by atoms with Crippen molar-refractivity contribution in [3.63, 3.8) is 0 Å². The number of methoxy groups -OCH3 is 1. The van der Waals surface area contributed by atoms with Crippen LogP contribution >= 0.6 is 0 Å². The Morgan fingerprint density at radius 3 is 2.39 bits per heavy atom. The summed E-state index contributed by atoms with van der Waals surface area (Å²) >= 11 is 0. The molecule has 33 heavy (non-hydrogen) atoms. The Kier molecular flexibility index (Phi) is 5.47. The van der Waals surface area contributed by atoms with Gasteiger partial charge in [-0.1, -0.05) is 36.4 Å². The van der Waals surface area contributed by atoms with Gasteiger partial charge in [-0.05, 0) is 59.3 Å². The summed E-state index contributed by atoms with van der Waals surface area (Å²) in [5.41, 5.74) is 4.17. The minimum Gasteiger partial charge on any atom is -0.497 e. The summed E-state index contributed by atoms with van der Waals surface area (Å²) in [6.07, 6.45) is 0.436. The second-order valence-corrected chi connectivity index (χ2v) is 8.07. The molecule has 1 amide bonds. The van der Waals surface area contributed by atoms with E-state index in [1.807, 2.05) is 61.5 Å². The van der Waals surface area contributed by atoms with Gasteiger partial charge in [-0.2, -0.15) is 0 Å². The third-order valence-corrected chi connectivity index (χ3v) is 6.09. The molecular weight excluding hydrogens is 417 g/mol. The molecular formula is C28H24FNO3. The average molecular weight is 442 g/mol. The molecule has 4 nitrogen and oxygen atoms in total. The second kappa shape index (κ2) is 8.58. The van der Waals surface area contributed by atoms with Gasteiger partial charge in [0.25, 0.3) is 5.91 Å². The van der Waals surface area contributed by atoms with E-state index < -0.39 is 0 Å². The fourth-order valence-electron chi connectivity index (χ4n) is 4.46. The first kappa shape index (κ1) is 21.0. The van der Waals surface area contributed by atoms with Crippen molar-refractivity contribution < 1.29 is 18.7 Å². The maximum absolute atomic E-state index is 14.7. The van der Waals surface area contributed by atoms with Crippen LogP contribution in [0.15, 0.2) is 72.8 Å². The highest BCUT2D eigenvalue weighted by molar-refractivity contribution is 6.25. The molecule has 5 rings (SSSR count). The van der Waals surface area contributed by atoms with E-state index in [1.165, 1.54) is 6.07 Å². The molecule has 0 radical (unpaired) electrons. The summed E-state index contributed by atoms with van der Waals surface area (Å²) in [4.78, 5) is 15.1. The van der Waals surface area contributed by atoms with Crippen molar-refractivity contribution >= 4 is 22.4 Å². The molecule has 0 unspecified atom stereocenters. The standard InChI is InChI=1S/C28H24FNO3/c1-3-33-22-13-9-20(25(29)16-22)15-19-10-14-24-27-23(19)5-4-6-26(27)30(28(24)31)17-18-7-11-21(32-2)12-8-18/h4-14,16H,3,15,17H2,1-2H3. The van der Waals surface area contributed by atoms with Crippen LogP contribution in [0.5, 0.6) is 11.5 Å². The topological polar surface area (TPSA) is 38.8 Å². The van der Waals surface area contributed by atoms with Crippen molar-refractivity contribution in [3.05, 3.63) is 101 Å². The largest absolute Gasteiger partial charge is 0.497 e. The number of hydrogen-bond acceptors (Lipinski definition) is 3. The summed E-state index contributed by atoms with van der Waals surface area (Å²) < 4.78 is 25.3. The third kappa shape index (κ3) is 3.80. The van der Waals surface area contributed by atoms with Gasteiger partial charge >= 0.3 is 0 Å². The van der Waals surface area contributed by atoms with Crippen LogP contribution in [0.1, 0.15) is 34.0 Å². The van der Waals surface area contributed by atoms with Crippen LogP contribution in [0.4, 0.5) is 10.1 Å². The predicted molar refractivity (Wildman–Crippen MR) is 128 cm³/mol. The zero-order valence-electron chi connectivity index (χ0n) is 18.6. The lowest BCUT2D eigenvalue weighted by Gasteiger charge is -2.18. The molecule has 166 valence electrons. The number of anilines is 1. The van der Waals surface area contributed by atoms with Gasteiger partial charge < -0.3 is 14.4 Å². The van der Waals surface area contributed by atoms with Gasteiger partial charge in [-0.3, -0.25) is 4.79 Å². The molecule has 0 aromatic heterocycles. The van der Waals surface area contributed by atoms with E-state index in [2.05, 4.69) is 0 Å². The first-order valence-corrected chi connectivity index (χ1v) is 11.0. The van der Waals surface area contributed by atoms with Crippen LogP contribution in [-0.2, 0) is 13.0 Å². The van der Waals surface area contributed by atoms with E-state index in [-0.39, 0.29) is 11.7 Å². The number of carbonyl (C=O) groups is 1. The first-order chi connectivity index (χ1) is 16.1. The molecule has 0 saturated heterocycles. The van der Waals surface area contributed by atoms with Gasteiger partial charge in [0, 0.05) is 23.4 Å². The Balaban J connectivity index is 1.49. The summed E-state index contributed by atoms with van der Waals surface area (Å²) in [7, 11) is 1.63. The highest BCUT2D eigenvalue weighted by atomic mass is 19.1. The second-order valence-electron chi connectivity index (χ2n) is 8.07. The molecule has 5 heteroatoms. The summed E-state index contributed by atoms with van der Waals surface area (Å²) in [6.45, 7) is 2.84. The molecule has 0 atom stereocenters. The van der Waals surface area contributed by atoms with Gasteiger partial charge in [0.15, 0.2) is 0 Å². The molecule has 1 aliphatic rings. The molecule has 0 saturated carbocycles. The average Bonchev–Trinajstić information content (AvgIpc) is 3.10. The fraction of sp³-hybridized carbons (Fsp3) is 0.179. The molecule has 4 aromatic rings. The lowest BCUT2D eigenvalue weighted by Crippen LogP contribution is -2.25. The lowest BCUT2D eigenvalue weighted by molar-refractivity contribution is 0.0991. The SMILES string of the molecule is CCOc1ccc(Cc2ccc3c4c(cccc24)N(Cc2ccc(OC)cc2)C3=O)c(F)c1. The molecule has 0 fully saturated rings. The molecule has 0 spiro atoms. The zero-order valence-corrected chi connectivity index (χ0v) is 18.6. The van der Waals surface area contributed by atoms with Crippen LogP contribution in [0.25, 0.3) is 10.8 Å². The first-order valence-electron chi connectivity index (χ1n) is 11.0. The number of amides is 1. The Morgan fingerprint density at radius 2 is 1.67 bits per heavy atom. The summed E-state index contributed by atoms with van der Waals surface area (Å²) in [6, 6.07) is 22.5. The Bertz CT molecular complexity index is 1350. The fourth-order valence-corrected chi connectivity index (χ4v) is 4.46. The molecule has 1 heterocycles. The normalized spacial score (nSPS) is 12.5. The van der Waals surface area contributed by atoms with Gasteiger partial charge in [0.05, 0.1) is 25.9 Å². The van der Waals surface area contributed by atoms with E-state index in [4.69, 9.17) is 9.47 Å². The summed E-state index contributed by atoms with van der Waals surface area (Å²) in [5, 5.41) is 1.91. The van der Waals surface area contributed by atoms with Crippen molar-refractivity contribution in [2.45, 2.75) is 19.9 Å². The smallest absolute Gasteiger partial charge is 0.259 e. The van der Waals surface area contributed by atoms with E-state index in [1.54, 1.807) is 24.1 Å². The highest BCUT2D eigenvalue weighted by Crippen LogP contribution is 2.40. The van der Waals surface area contributed by atoms with E-state index in [0.717, 1.165) is 33.3 Å². The van der Waals surface area contributed by atoms with Crippen molar-refractivity contribution in [2.24, 2.45) is 0 Å². The number of ether oxygens (including phenoxy) is 2. The minimum absolute atomic E-state index is 0.0178. The molecule has 0 bridgehead atoms. The predicted octanol–water partition coefficient (Wildman–Crippen LogP) is 6.14. The van der Waals surface area contributed by atoms with E-state index in [0.29, 0.717) is 36.4 Å². The number of nitrogens with zero attached hydrogens (tertiary/aromatic N) is 1. The molecule has 1 aliphatic heterocycles. The van der Waals surface area contributed by atoms with Crippen molar-refractivity contribution in [1.82, 2.24) is 0 Å². The lowest BCUT2D eigenvalue weighted by atomic mass is 9.95. The van der Waals surface area contributed by atoms with E-state index >= 15 is 0 Å². The third-order valence-electron chi connectivity index (χ3n) is 6.09. The van der Waals surface area contributed by atoms with Crippen molar-refractivity contribution in [3.8, 4) is 11.5 Å².